The van der Waals surface area contributed by atoms with Crippen LogP contribution in [0.25, 0.3) is 0 Å². The Morgan fingerprint density at radius 1 is 1.59 bits per heavy atom. The van der Waals surface area contributed by atoms with Crippen LogP contribution in [-0.4, -0.2) is 29.4 Å². The maximum absolute atomic E-state index is 10.8. The molecule has 5 heteroatoms. The van der Waals surface area contributed by atoms with E-state index in [1.807, 2.05) is 18.5 Å². The molecule has 0 atom stereocenters. The van der Waals surface area contributed by atoms with Crippen molar-refractivity contribution in [3.63, 3.8) is 0 Å². The topological polar surface area (TPSA) is 56.1 Å². The van der Waals surface area contributed by atoms with Crippen molar-refractivity contribution < 1.29 is 9.53 Å². The number of rotatable bonds is 6. The highest BCUT2D eigenvalue weighted by atomic mass is 16.5. The van der Waals surface area contributed by atoms with Crippen LogP contribution in [0.4, 0.5) is 0 Å². The number of nitrogens with one attached hydrogen (secondary N) is 1. The molecule has 1 aromatic rings. The normalized spacial score (nSPS) is 10.8. The van der Waals surface area contributed by atoms with Crippen molar-refractivity contribution in [1.29, 1.82) is 0 Å². The van der Waals surface area contributed by atoms with E-state index in [1.165, 1.54) is 18.9 Å². The molecule has 94 valence electrons. The summed E-state index contributed by atoms with van der Waals surface area (Å²) in [4.78, 5) is 10.8. The van der Waals surface area contributed by atoms with Crippen LogP contribution in [0.15, 0.2) is 18.3 Å². The molecule has 5 nitrogen and oxygen atoms in total. The summed E-state index contributed by atoms with van der Waals surface area (Å²) in [7, 11) is 1.36. The van der Waals surface area contributed by atoms with E-state index < -0.39 is 0 Å². The van der Waals surface area contributed by atoms with Crippen molar-refractivity contribution in [2.45, 2.75) is 26.8 Å². The van der Waals surface area contributed by atoms with Gasteiger partial charge in [-0.1, -0.05) is 0 Å². The van der Waals surface area contributed by atoms with Crippen molar-refractivity contribution >= 4 is 5.97 Å². The molecule has 0 amide bonds. The quantitative estimate of drug-likeness (QED) is 0.458. The first-order valence-corrected chi connectivity index (χ1v) is 5.62. The average molecular weight is 237 g/mol. The van der Waals surface area contributed by atoms with Crippen LogP contribution in [0, 0.1) is 13.8 Å². The van der Waals surface area contributed by atoms with Crippen LogP contribution in [0.5, 0.6) is 0 Å². The molecule has 0 spiro atoms. The molecular formula is C12H19N3O2. The van der Waals surface area contributed by atoms with Gasteiger partial charge < -0.3 is 10.1 Å². The van der Waals surface area contributed by atoms with E-state index in [4.69, 9.17) is 0 Å². The van der Waals surface area contributed by atoms with Gasteiger partial charge in [0.15, 0.2) is 0 Å². The number of aryl methyl sites for hydroxylation is 3. The average Bonchev–Trinajstić information content (AvgIpc) is 2.62. The third kappa shape index (κ3) is 4.72. The van der Waals surface area contributed by atoms with Gasteiger partial charge in [0.1, 0.15) is 0 Å². The van der Waals surface area contributed by atoms with E-state index in [9.17, 15) is 4.79 Å². The van der Waals surface area contributed by atoms with E-state index in [2.05, 4.69) is 21.2 Å². The zero-order chi connectivity index (χ0) is 12.7. The number of carbonyl (C=O) groups excluding carboxylic acids is 1. The van der Waals surface area contributed by atoms with Crippen LogP contribution < -0.4 is 5.32 Å². The fraction of sp³-hybridized carbons (Fsp3) is 0.500. The van der Waals surface area contributed by atoms with Gasteiger partial charge in [0.2, 0.25) is 0 Å². The lowest BCUT2D eigenvalue weighted by atomic mass is 10.4. The maximum atomic E-state index is 10.8. The molecule has 0 saturated heterocycles. The number of ether oxygens (including phenoxy) is 1. The number of methoxy groups -OCH3 is 1. The first-order valence-electron chi connectivity index (χ1n) is 5.62. The lowest BCUT2D eigenvalue weighted by Crippen LogP contribution is -2.12. The van der Waals surface area contributed by atoms with E-state index in [1.54, 1.807) is 6.20 Å². The molecule has 0 unspecified atom stereocenters. The second-order valence-corrected chi connectivity index (χ2v) is 3.81. The van der Waals surface area contributed by atoms with E-state index in [0.717, 1.165) is 25.2 Å². The molecule has 0 aliphatic carbocycles. The molecule has 0 radical (unpaired) electrons. The summed E-state index contributed by atoms with van der Waals surface area (Å²) in [5, 5.41) is 7.39. The Morgan fingerprint density at radius 3 is 2.94 bits per heavy atom. The summed E-state index contributed by atoms with van der Waals surface area (Å²) in [6.07, 6.45) is 3.92. The van der Waals surface area contributed by atoms with Crippen molar-refractivity contribution in [1.82, 2.24) is 15.1 Å². The molecule has 0 aromatic carbocycles. The molecule has 1 N–H and O–H groups in total. The molecule has 1 heterocycles. The molecule has 17 heavy (non-hydrogen) atoms. The largest absolute Gasteiger partial charge is 0.466 e. The van der Waals surface area contributed by atoms with Gasteiger partial charge in [-0.15, -0.1) is 0 Å². The Bertz CT molecular complexity index is 396. The molecule has 0 aliphatic heterocycles. The first-order chi connectivity index (χ1) is 8.13. The van der Waals surface area contributed by atoms with Gasteiger partial charge in [0.25, 0.3) is 0 Å². The number of aromatic nitrogens is 2. The van der Waals surface area contributed by atoms with Gasteiger partial charge in [-0.05, 0) is 26.3 Å². The first kappa shape index (κ1) is 13.3. The van der Waals surface area contributed by atoms with Gasteiger partial charge in [0, 0.05) is 31.1 Å². The summed E-state index contributed by atoms with van der Waals surface area (Å²) in [6, 6.07) is 2.06. The van der Waals surface area contributed by atoms with E-state index in [-0.39, 0.29) is 5.97 Å². The van der Waals surface area contributed by atoms with Gasteiger partial charge >= 0.3 is 5.97 Å². The zero-order valence-corrected chi connectivity index (χ0v) is 10.6. The monoisotopic (exact) mass is 237 g/mol. The van der Waals surface area contributed by atoms with Crippen LogP contribution in [0.3, 0.4) is 0 Å². The van der Waals surface area contributed by atoms with Gasteiger partial charge in [-0.2, -0.15) is 5.10 Å². The third-order valence-corrected chi connectivity index (χ3v) is 2.33. The molecule has 0 fully saturated rings. The van der Waals surface area contributed by atoms with Gasteiger partial charge in [0.05, 0.1) is 12.8 Å². The Balaban J connectivity index is 2.18. The van der Waals surface area contributed by atoms with Crippen LogP contribution in [-0.2, 0) is 16.1 Å². The predicted molar refractivity (Wildman–Crippen MR) is 65.5 cm³/mol. The maximum Gasteiger partial charge on any atom is 0.331 e. The summed E-state index contributed by atoms with van der Waals surface area (Å²) >= 11 is 0. The Morgan fingerprint density at radius 2 is 2.35 bits per heavy atom. The lowest BCUT2D eigenvalue weighted by Gasteiger charge is -2.04. The predicted octanol–water partition coefficient (Wildman–Crippen LogP) is 1.17. The highest BCUT2D eigenvalue weighted by Crippen LogP contribution is 2.01. The number of hydrogen-bond donors (Lipinski definition) is 1. The zero-order valence-electron chi connectivity index (χ0n) is 10.6. The standard InChI is InChI=1S/C12H19N3O2/c1-10-9-11(2)15(14-10)8-4-6-13-7-5-12(16)17-3/h5,7,9,13H,4,6,8H2,1-3H3/b7-5+. The number of nitrogens with zero attached hydrogens (tertiary/aromatic N) is 2. The molecule has 0 aliphatic rings. The second kappa shape index (κ2) is 6.73. The lowest BCUT2D eigenvalue weighted by molar-refractivity contribution is -0.134. The minimum Gasteiger partial charge on any atom is -0.466 e. The Labute approximate surface area is 101 Å². The molecule has 1 rings (SSSR count). The van der Waals surface area contributed by atoms with Gasteiger partial charge in [-0.25, -0.2) is 4.79 Å². The number of hydrogen-bond acceptors (Lipinski definition) is 4. The summed E-state index contributed by atoms with van der Waals surface area (Å²) < 4.78 is 6.45. The van der Waals surface area contributed by atoms with Crippen LogP contribution in [0.2, 0.25) is 0 Å². The minimum atomic E-state index is -0.351. The minimum absolute atomic E-state index is 0.351. The van der Waals surface area contributed by atoms with Crippen molar-refractivity contribution in [2.24, 2.45) is 0 Å². The molecular weight excluding hydrogens is 218 g/mol. The second-order valence-electron chi connectivity index (χ2n) is 3.81. The summed E-state index contributed by atoms with van der Waals surface area (Å²) in [5.41, 5.74) is 2.22. The molecule has 0 bridgehead atoms. The van der Waals surface area contributed by atoms with Crippen molar-refractivity contribution in [3.8, 4) is 0 Å². The van der Waals surface area contributed by atoms with Crippen molar-refractivity contribution in [2.75, 3.05) is 13.7 Å². The number of esters is 1. The highest BCUT2D eigenvalue weighted by molar-refractivity contribution is 5.81. The highest BCUT2D eigenvalue weighted by Gasteiger charge is 1.99. The number of carbonyl (C=O) groups is 1. The smallest absolute Gasteiger partial charge is 0.331 e. The SMILES string of the molecule is COC(=O)/C=C/NCCCn1nc(C)cc1C. The fourth-order valence-corrected chi connectivity index (χ4v) is 1.51. The van der Waals surface area contributed by atoms with Crippen LogP contribution >= 0.6 is 0 Å². The fourth-order valence-electron chi connectivity index (χ4n) is 1.51. The van der Waals surface area contributed by atoms with Crippen LogP contribution in [0.1, 0.15) is 17.8 Å². The Hall–Kier alpha value is -1.78. The van der Waals surface area contributed by atoms with Crippen molar-refractivity contribution in [3.05, 3.63) is 29.7 Å². The summed E-state index contributed by atoms with van der Waals surface area (Å²) in [6.45, 7) is 5.70. The third-order valence-electron chi connectivity index (χ3n) is 2.33. The van der Waals surface area contributed by atoms with E-state index >= 15 is 0 Å². The Kier molecular flexibility index (Phi) is 5.26. The molecule has 0 saturated carbocycles. The summed E-state index contributed by atoms with van der Waals surface area (Å²) in [5.74, 6) is -0.351. The molecule has 1 aromatic heterocycles. The van der Waals surface area contributed by atoms with Gasteiger partial charge in [-0.3, -0.25) is 4.68 Å². The van der Waals surface area contributed by atoms with E-state index in [0.29, 0.717) is 0 Å².